The van der Waals surface area contributed by atoms with E-state index in [9.17, 15) is 5.26 Å². The van der Waals surface area contributed by atoms with Crippen molar-refractivity contribution in [3.63, 3.8) is 0 Å². The highest BCUT2D eigenvalue weighted by atomic mass is 16.5. The lowest BCUT2D eigenvalue weighted by atomic mass is 9.75. The van der Waals surface area contributed by atoms with Crippen LogP contribution in [0.3, 0.4) is 0 Å². The van der Waals surface area contributed by atoms with E-state index in [-0.39, 0.29) is 0 Å². The molecule has 2 aromatic rings. The van der Waals surface area contributed by atoms with Gasteiger partial charge in [0.15, 0.2) is 23.0 Å². The first kappa shape index (κ1) is 25.4. The topological polar surface area (TPSA) is 64.0 Å². The number of benzene rings is 2. The van der Waals surface area contributed by atoms with Crippen LogP contribution in [0.4, 0.5) is 0 Å². The Labute approximate surface area is 192 Å². The number of ether oxygens (including phenoxy) is 4. The minimum atomic E-state index is -0.545. The Kier molecular flexibility index (Phi) is 9.67. The standard InChI is InChI=1S/C26H36N2O4/c1-7-26(19-27,21-12-13-22(29-3)24(18-21)31-5)15-9-16-28(2)17-14-20-10-8-11-23(30-4)25(20)32-6/h8,10-13,18H,7,9,14-17H2,1-6H3/t26-/m0/s1. The number of rotatable bonds is 13. The van der Waals surface area contributed by atoms with E-state index in [1.54, 1.807) is 28.4 Å². The summed E-state index contributed by atoms with van der Waals surface area (Å²) in [7, 11) is 8.68. The summed E-state index contributed by atoms with van der Waals surface area (Å²) in [6.07, 6.45) is 3.30. The lowest BCUT2D eigenvalue weighted by Crippen LogP contribution is -2.27. The van der Waals surface area contributed by atoms with E-state index in [0.717, 1.165) is 61.4 Å². The van der Waals surface area contributed by atoms with Gasteiger partial charge < -0.3 is 23.8 Å². The fraction of sp³-hybridized carbons (Fsp3) is 0.500. The van der Waals surface area contributed by atoms with Crippen LogP contribution in [0, 0.1) is 11.3 Å². The van der Waals surface area contributed by atoms with Gasteiger partial charge in [-0.2, -0.15) is 5.26 Å². The summed E-state index contributed by atoms with van der Waals surface area (Å²) in [5, 5.41) is 10.1. The highest BCUT2D eigenvalue weighted by Gasteiger charge is 2.31. The number of nitriles is 1. The monoisotopic (exact) mass is 440 g/mol. The van der Waals surface area contributed by atoms with Crippen LogP contribution < -0.4 is 18.9 Å². The lowest BCUT2D eigenvalue weighted by Gasteiger charge is -2.28. The molecule has 2 rings (SSSR count). The zero-order chi connectivity index (χ0) is 23.6. The van der Waals surface area contributed by atoms with Crippen molar-refractivity contribution in [3.05, 3.63) is 47.5 Å². The molecule has 1 atom stereocenters. The van der Waals surface area contributed by atoms with Gasteiger partial charge in [-0.05, 0) is 68.6 Å². The van der Waals surface area contributed by atoms with Crippen molar-refractivity contribution < 1.29 is 18.9 Å². The third-order valence-corrected chi connectivity index (χ3v) is 6.14. The van der Waals surface area contributed by atoms with Crippen molar-refractivity contribution in [2.45, 2.75) is 38.0 Å². The molecule has 0 aromatic heterocycles. The molecule has 0 saturated heterocycles. The van der Waals surface area contributed by atoms with Gasteiger partial charge in [0.25, 0.3) is 0 Å². The van der Waals surface area contributed by atoms with Gasteiger partial charge in [-0.15, -0.1) is 0 Å². The quantitative estimate of drug-likeness (QED) is 0.444. The first-order valence-corrected chi connectivity index (χ1v) is 11.0. The highest BCUT2D eigenvalue weighted by molar-refractivity contribution is 5.47. The zero-order valence-corrected chi connectivity index (χ0v) is 20.2. The first-order chi connectivity index (χ1) is 15.5. The molecule has 6 heteroatoms. The molecule has 0 aliphatic carbocycles. The van der Waals surface area contributed by atoms with Gasteiger partial charge in [0.05, 0.1) is 39.9 Å². The molecule has 0 amide bonds. The van der Waals surface area contributed by atoms with Crippen molar-refractivity contribution in [2.75, 3.05) is 48.6 Å². The SMILES string of the molecule is CC[C@@](C#N)(CCCN(C)CCc1cccc(OC)c1OC)c1ccc(OC)c(OC)c1. The Morgan fingerprint density at radius 3 is 2.22 bits per heavy atom. The summed E-state index contributed by atoms with van der Waals surface area (Å²) in [4.78, 5) is 2.30. The van der Waals surface area contributed by atoms with Crippen molar-refractivity contribution in [1.82, 2.24) is 4.90 Å². The molecule has 0 aliphatic rings. The van der Waals surface area contributed by atoms with Crippen LogP contribution in [0.2, 0.25) is 0 Å². The number of methoxy groups -OCH3 is 4. The third kappa shape index (κ3) is 5.86. The van der Waals surface area contributed by atoms with Gasteiger partial charge >= 0.3 is 0 Å². The average molecular weight is 441 g/mol. The Bertz CT molecular complexity index is 909. The Hall–Kier alpha value is -2.91. The molecule has 0 fully saturated rings. The number of nitrogens with zero attached hydrogens (tertiary/aromatic N) is 2. The maximum Gasteiger partial charge on any atom is 0.163 e. The highest BCUT2D eigenvalue weighted by Crippen LogP contribution is 2.38. The predicted octanol–water partition coefficient (Wildman–Crippen LogP) is 4.85. The number of hydrogen-bond acceptors (Lipinski definition) is 6. The molecular weight excluding hydrogens is 404 g/mol. The number of likely N-dealkylation sites (N-methyl/N-ethyl adjacent to an activating group) is 1. The van der Waals surface area contributed by atoms with Crippen LogP contribution in [0.25, 0.3) is 0 Å². The second kappa shape index (κ2) is 12.2. The van der Waals surface area contributed by atoms with Gasteiger partial charge in [0, 0.05) is 6.54 Å². The predicted molar refractivity (Wildman–Crippen MR) is 127 cm³/mol. The minimum absolute atomic E-state index is 0.545. The molecule has 0 heterocycles. The van der Waals surface area contributed by atoms with Crippen molar-refractivity contribution in [2.24, 2.45) is 0 Å². The molecule has 0 saturated carbocycles. The summed E-state index contributed by atoms with van der Waals surface area (Å²) in [6, 6.07) is 14.3. The molecule has 0 radical (unpaired) electrons. The molecule has 2 aromatic carbocycles. The van der Waals surface area contributed by atoms with Gasteiger partial charge in [-0.3, -0.25) is 0 Å². The van der Waals surface area contributed by atoms with E-state index < -0.39 is 5.41 Å². The van der Waals surface area contributed by atoms with Crippen LogP contribution in [0.5, 0.6) is 23.0 Å². The largest absolute Gasteiger partial charge is 0.493 e. The second-order valence-corrected chi connectivity index (χ2v) is 7.93. The summed E-state index contributed by atoms with van der Waals surface area (Å²) in [6.45, 7) is 3.87. The average Bonchev–Trinajstić information content (AvgIpc) is 2.84. The fourth-order valence-corrected chi connectivity index (χ4v) is 4.08. The molecule has 0 spiro atoms. The van der Waals surface area contributed by atoms with E-state index in [1.807, 2.05) is 30.3 Å². The second-order valence-electron chi connectivity index (χ2n) is 7.93. The van der Waals surface area contributed by atoms with E-state index in [4.69, 9.17) is 18.9 Å². The van der Waals surface area contributed by atoms with Crippen LogP contribution in [0.1, 0.15) is 37.3 Å². The smallest absolute Gasteiger partial charge is 0.163 e. The van der Waals surface area contributed by atoms with Crippen LogP contribution in [-0.4, -0.2) is 53.5 Å². The zero-order valence-electron chi connectivity index (χ0n) is 20.2. The summed E-state index contributed by atoms with van der Waals surface area (Å²) >= 11 is 0. The van der Waals surface area contributed by atoms with Crippen LogP contribution in [0.15, 0.2) is 36.4 Å². The molecule has 0 bridgehead atoms. The van der Waals surface area contributed by atoms with E-state index >= 15 is 0 Å². The molecule has 0 N–H and O–H groups in total. The fourth-order valence-electron chi connectivity index (χ4n) is 4.08. The summed E-state index contributed by atoms with van der Waals surface area (Å²) < 4.78 is 21.7. The Balaban J connectivity index is 2.00. The van der Waals surface area contributed by atoms with E-state index in [0.29, 0.717) is 11.5 Å². The number of para-hydroxylation sites is 1. The van der Waals surface area contributed by atoms with E-state index in [2.05, 4.69) is 31.0 Å². The summed E-state index contributed by atoms with van der Waals surface area (Å²) in [5.74, 6) is 2.88. The Morgan fingerprint density at radius 2 is 1.62 bits per heavy atom. The molecule has 174 valence electrons. The van der Waals surface area contributed by atoms with Crippen molar-refractivity contribution in [3.8, 4) is 29.1 Å². The third-order valence-electron chi connectivity index (χ3n) is 6.14. The van der Waals surface area contributed by atoms with Crippen molar-refractivity contribution >= 4 is 0 Å². The Morgan fingerprint density at radius 1 is 0.906 bits per heavy atom. The van der Waals surface area contributed by atoms with Crippen LogP contribution in [-0.2, 0) is 11.8 Å². The molecule has 6 nitrogen and oxygen atoms in total. The molecule has 0 aliphatic heterocycles. The summed E-state index contributed by atoms with van der Waals surface area (Å²) in [5.41, 5.74) is 1.56. The maximum atomic E-state index is 10.1. The molecular formula is C26H36N2O4. The number of hydrogen-bond donors (Lipinski definition) is 0. The first-order valence-electron chi connectivity index (χ1n) is 11.0. The normalized spacial score (nSPS) is 12.7. The molecule has 0 unspecified atom stereocenters. The van der Waals surface area contributed by atoms with Gasteiger partial charge in [-0.25, -0.2) is 0 Å². The van der Waals surface area contributed by atoms with Gasteiger partial charge in [-0.1, -0.05) is 25.1 Å². The maximum absolute atomic E-state index is 10.1. The van der Waals surface area contributed by atoms with Gasteiger partial charge in [0.1, 0.15) is 0 Å². The van der Waals surface area contributed by atoms with Gasteiger partial charge in [0.2, 0.25) is 0 Å². The van der Waals surface area contributed by atoms with E-state index in [1.165, 1.54) is 0 Å². The lowest BCUT2D eigenvalue weighted by molar-refractivity contribution is 0.309. The van der Waals surface area contributed by atoms with Crippen LogP contribution >= 0.6 is 0 Å². The minimum Gasteiger partial charge on any atom is -0.493 e. The molecule has 32 heavy (non-hydrogen) atoms. The van der Waals surface area contributed by atoms with Crippen molar-refractivity contribution in [1.29, 1.82) is 5.26 Å².